The fraction of sp³-hybridized carbons (Fsp3) is 0.360. The van der Waals surface area contributed by atoms with Gasteiger partial charge in [0.25, 0.3) is 6.43 Å². The largest absolute Gasteiger partial charge is 0.368 e. The number of halogens is 3. The summed E-state index contributed by atoms with van der Waals surface area (Å²) in [5.74, 6) is 0.215. The van der Waals surface area contributed by atoms with Crippen molar-refractivity contribution in [2.75, 3.05) is 25.0 Å². The molecule has 2 aromatic carbocycles. The smallest absolute Gasteiger partial charge is 0.296 e. The van der Waals surface area contributed by atoms with E-state index in [-0.39, 0.29) is 11.9 Å². The highest BCUT2D eigenvalue weighted by Gasteiger charge is 2.27. The van der Waals surface area contributed by atoms with Crippen LogP contribution in [-0.4, -0.2) is 49.7 Å². The van der Waals surface area contributed by atoms with Crippen LogP contribution in [0.5, 0.6) is 0 Å². The molecule has 1 aliphatic heterocycles. The minimum atomic E-state index is -2.82. The molecule has 0 saturated carbocycles. The van der Waals surface area contributed by atoms with Crippen molar-refractivity contribution >= 4 is 28.6 Å². The predicted molar refractivity (Wildman–Crippen MR) is 134 cm³/mol. The first-order valence-corrected chi connectivity index (χ1v) is 12.0. The van der Waals surface area contributed by atoms with Crippen LogP contribution in [-0.2, 0) is 11.2 Å². The Morgan fingerprint density at radius 2 is 1.89 bits per heavy atom. The van der Waals surface area contributed by atoms with E-state index in [2.05, 4.69) is 30.6 Å². The lowest BCUT2D eigenvalue weighted by Crippen LogP contribution is -2.36. The van der Waals surface area contributed by atoms with Gasteiger partial charge < -0.3 is 15.4 Å². The van der Waals surface area contributed by atoms with Crippen LogP contribution in [0.2, 0.25) is 5.02 Å². The maximum absolute atomic E-state index is 14.0. The number of imidazole rings is 1. The van der Waals surface area contributed by atoms with Crippen molar-refractivity contribution in [2.24, 2.45) is 0 Å². The number of hydrogen-bond donors (Lipinski definition) is 2. The van der Waals surface area contributed by atoms with E-state index >= 15 is 0 Å². The van der Waals surface area contributed by atoms with Gasteiger partial charge in [0, 0.05) is 23.7 Å². The third kappa shape index (κ3) is 5.16. The molecule has 1 fully saturated rings. The van der Waals surface area contributed by atoms with E-state index in [1.165, 1.54) is 4.57 Å². The number of rotatable bonds is 7. The van der Waals surface area contributed by atoms with Gasteiger partial charge in [0.15, 0.2) is 11.6 Å². The van der Waals surface area contributed by atoms with Crippen molar-refractivity contribution in [3.8, 4) is 5.95 Å². The zero-order valence-corrected chi connectivity index (χ0v) is 20.6. The van der Waals surface area contributed by atoms with Crippen LogP contribution < -0.4 is 10.6 Å². The average Bonchev–Trinajstić information content (AvgIpc) is 3.26. The molecule has 2 aromatic heterocycles. The van der Waals surface area contributed by atoms with Crippen molar-refractivity contribution < 1.29 is 13.5 Å². The maximum atomic E-state index is 14.0. The maximum Gasteiger partial charge on any atom is 0.296 e. The third-order valence-corrected chi connectivity index (χ3v) is 6.25. The number of nitrogens with one attached hydrogen (secondary N) is 2. The Balaban J connectivity index is 1.59. The summed E-state index contributed by atoms with van der Waals surface area (Å²) in [5.41, 5.74) is 1.36. The molecular weight excluding hydrogens is 488 g/mol. The van der Waals surface area contributed by atoms with Gasteiger partial charge in [0.05, 0.1) is 17.6 Å². The lowest BCUT2D eigenvalue weighted by Gasteiger charge is -2.28. The van der Waals surface area contributed by atoms with Crippen LogP contribution in [0.3, 0.4) is 0 Å². The molecule has 1 aliphatic rings. The summed E-state index contributed by atoms with van der Waals surface area (Å²) < 4.78 is 35.2. The first kappa shape index (κ1) is 24.5. The summed E-state index contributed by atoms with van der Waals surface area (Å²) in [7, 11) is 0. The molecule has 1 unspecified atom stereocenters. The first-order chi connectivity index (χ1) is 17.3. The Bertz CT molecular complexity index is 1370. The van der Waals surface area contributed by atoms with Gasteiger partial charge in [-0.1, -0.05) is 41.9 Å². The molecule has 3 heterocycles. The number of aromatic nitrogens is 5. The molecule has 0 radical (unpaired) electrons. The fourth-order valence-electron chi connectivity index (χ4n) is 4.28. The highest BCUT2D eigenvalue weighted by molar-refractivity contribution is 6.31. The second-order valence-electron chi connectivity index (χ2n) is 9.25. The van der Waals surface area contributed by atoms with Gasteiger partial charge in [-0.25, -0.2) is 13.8 Å². The van der Waals surface area contributed by atoms with E-state index in [0.717, 1.165) is 5.56 Å². The van der Waals surface area contributed by atoms with E-state index in [0.29, 0.717) is 48.0 Å². The molecule has 11 heteroatoms. The number of benzene rings is 2. The third-order valence-electron chi connectivity index (χ3n) is 5.88. The Morgan fingerprint density at radius 1 is 1.11 bits per heavy atom. The minimum Gasteiger partial charge on any atom is -0.368 e. The Labute approximate surface area is 212 Å². The summed E-state index contributed by atoms with van der Waals surface area (Å²) in [5, 5.41) is 7.27. The minimum absolute atomic E-state index is 0.0502. The normalized spacial score (nSPS) is 16.6. The lowest BCUT2D eigenvalue weighted by molar-refractivity contribution is 0.0220. The van der Waals surface area contributed by atoms with Crippen molar-refractivity contribution in [1.82, 2.24) is 29.8 Å². The van der Waals surface area contributed by atoms with Crippen LogP contribution in [0.4, 0.5) is 14.7 Å². The highest BCUT2D eigenvalue weighted by Crippen LogP contribution is 2.29. The Hall–Kier alpha value is -3.21. The van der Waals surface area contributed by atoms with Gasteiger partial charge in [-0.2, -0.15) is 15.0 Å². The Morgan fingerprint density at radius 3 is 2.64 bits per heavy atom. The number of alkyl halides is 2. The molecule has 1 saturated heterocycles. The summed E-state index contributed by atoms with van der Waals surface area (Å²) >= 11 is 6.38. The SMILES string of the molecule is CC(C)(Cc1ccccc1Cl)Nc1nc(C2CNCCO2)nc(-n2c(C(F)F)nc3ccccc32)n1. The van der Waals surface area contributed by atoms with Crippen LogP contribution in [0, 0.1) is 0 Å². The van der Waals surface area contributed by atoms with Crippen LogP contribution in [0.25, 0.3) is 17.0 Å². The van der Waals surface area contributed by atoms with Gasteiger partial charge in [0.2, 0.25) is 11.9 Å². The second-order valence-corrected chi connectivity index (χ2v) is 9.66. The topological polar surface area (TPSA) is 89.8 Å². The molecule has 1 atom stereocenters. The summed E-state index contributed by atoms with van der Waals surface area (Å²) in [6.45, 7) is 5.69. The molecule has 4 aromatic rings. The first-order valence-electron chi connectivity index (χ1n) is 11.7. The summed E-state index contributed by atoms with van der Waals surface area (Å²) in [6, 6.07) is 14.5. The van der Waals surface area contributed by atoms with Crippen LogP contribution in [0.1, 0.15) is 43.6 Å². The lowest BCUT2D eigenvalue weighted by atomic mass is 9.95. The monoisotopic (exact) mass is 513 g/mol. The highest BCUT2D eigenvalue weighted by atomic mass is 35.5. The van der Waals surface area contributed by atoms with Gasteiger partial charge in [-0.15, -0.1) is 0 Å². The molecule has 8 nitrogen and oxygen atoms in total. The van der Waals surface area contributed by atoms with E-state index < -0.39 is 23.9 Å². The van der Waals surface area contributed by atoms with Gasteiger partial charge in [0.1, 0.15) is 6.10 Å². The zero-order chi connectivity index (χ0) is 25.3. The number of nitrogens with zero attached hydrogens (tertiary/aromatic N) is 5. The molecular formula is C25H26ClF2N7O. The fourth-order valence-corrected chi connectivity index (χ4v) is 4.48. The summed E-state index contributed by atoms with van der Waals surface area (Å²) in [4.78, 5) is 17.9. The van der Waals surface area contributed by atoms with Gasteiger partial charge in [-0.05, 0) is 44.0 Å². The molecule has 0 spiro atoms. The molecule has 5 rings (SSSR count). The van der Waals surface area contributed by atoms with Crippen molar-refractivity contribution in [3.63, 3.8) is 0 Å². The standard InChI is InChI=1S/C25H26ClF2N7O/c1-25(2,13-15-7-3-4-8-16(15)26)34-23-31-21(19-14-29-11-12-36-19)32-24(33-23)35-18-10-6-5-9-17(18)30-22(35)20(27)28/h3-10,19-20,29H,11-14H2,1-2H3,(H,31,32,33,34). The van der Waals surface area contributed by atoms with E-state index in [4.69, 9.17) is 16.3 Å². The van der Waals surface area contributed by atoms with Crippen molar-refractivity contribution in [2.45, 2.75) is 38.3 Å². The number of para-hydroxylation sites is 2. The predicted octanol–water partition coefficient (Wildman–Crippen LogP) is 4.90. The quantitative estimate of drug-likeness (QED) is 0.363. The number of morpholine rings is 1. The molecule has 36 heavy (non-hydrogen) atoms. The van der Waals surface area contributed by atoms with Crippen molar-refractivity contribution in [1.29, 1.82) is 0 Å². The Kier molecular flexibility index (Phi) is 6.83. The molecule has 0 aliphatic carbocycles. The number of fused-ring (bicyclic) bond motifs is 1. The number of anilines is 1. The molecule has 2 N–H and O–H groups in total. The molecule has 0 bridgehead atoms. The van der Waals surface area contributed by atoms with E-state index in [9.17, 15) is 8.78 Å². The van der Waals surface area contributed by atoms with Crippen molar-refractivity contribution in [3.05, 3.63) is 70.8 Å². The number of ether oxygens (including phenoxy) is 1. The zero-order valence-electron chi connectivity index (χ0n) is 19.9. The van der Waals surface area contributed by atoms with E-state index in [1.807, 2.05) is 38.1 Å². The number of hydrogen-bond acceptors (Lipinski definition) is 7. The summed E-state index contributed by atoms with van der Waals surface area (Å²) in [6.07, 6.45) is -2.68. The van der Waals surface area contributed by atoms with E-state index in [1.54, 1.807) is 24.3 Å². The van der Waals surface area contributed by atoms with Gasteiger partial charge >= 0.3 is 0 Å². The average molecular weight is 514 g/mol. The van der Waals surface area contributed by atoms with Gasteiger partial charge in [-0.3, -0.25) is 4.57 Å². The molecule has 0 amide bonds. The molecule has 188 valence electrons. The van der Waals surface area contributed by atoms with Crippen LogP contribution >= 0.6 is 11.6 Å². The van der Waals surface area contributed by atoms with Crippen LogP contribution in [0.15, 0.2) is 48.5 Å². The second kappa shape index (κ2) is 10.0.